The van der Waals surface area contributed by atoms with Gasteiger partial charge in [-0.15, -0.1) is 0 Å². The van der Waals surface area contributed by atoms with Gasteiger partial charge >= 0.3 is 0 Å². The van der Waals surface area contributed by atoms with Gasteiger partial charge in [0.1, 0.15) is 0 Å². The summed E-state index contributed by atoms with van der Waals surface area (Å²) >= 11 is 6.31. The number of pyridine rings is 1. The van der Waals surface area contributed by atoms with Gasteiger partial charge in [-0.1, -0.05) is 41.9 Å². The number of amides is 1. The molecule has 1 N–H and O–H groups in total. The minimum atomic E-state index is -1.89. The minimum absolute atomic E-state index is 0.203. The number of rotatable bonds is 6. The van der Waals surface area contributed by atoms with Crippen LogP contribution in [0, 0.1) is 0 Å². The lowest BCUT2D eigenvalue weighted by Crippen LogP contribution is -2.29. The molecule has 1 amide bonds. The molecule has 0 spiro atoms. The van der Waals surface area contributed by atoms with E-state index < -0.39 is 8.32 Å². The number of carbonyl (C=O) groups is 1. The summed E-state index contributed by atoms with van der Waals surface area (Å²) in [6.45, 7) is 6.42. The molecule has 28 heavy (non-hydrogen) atoms. The Morgan fingerprint density at radius 1 is 1.04 bits per heavy atom. The molecule has 1 atom stereocenters. The van der Waals surface area contributed by atoms with Gasteiger partial charge in [-0.3, -0.25) is 9.78 Å². The van der Waals surface area contributed by atoms with Crippen LogP contribution in [0.15, 0.2) is 73.1 Å². The molecule has 1 heterocycles. The molecule has 0 aliphatic carbocycles. The maximum Gasteiger partial charge on any atom is 0.255 e. The van der Waals surface area contributed by atoms with Crippen molar-refractivity contribution in [3.05, 3.63) is 94.8 Å². The van der Waals surface area contributed by atoms with E-state index in [2.05, 4.69) is 29.9 Å². The van der Waals surface area contributed by atoms with Gasteiger partial charge in [0.2, 0.25) is 0 Å². The Morgan fingerprint density at radius 2 is 1.71 bits per heavy atom. The van der Waals surface area contributed by atoms with E-state index >= 15 is 0 Å². The van der Waals surface area contributed by atoms with Crippen LogP contribution in [0.4, 0.5) is 5.69 Å². The molecule has 3 rings (SSSR count). The third-order valence-corrected chi connectivity index (χ3v) is 5.24. The van der Waals surface area contributed by atoms with E-state index in [1.807, 2.05) is 42.5 Å². The van der Waals surface area contributed by atoms with Gasteiger partial charge in [-0.05, 0) is 55.5 Å². The third-order valence-electron chi connectivity index (χ3n) is 4.06. The number of nitrogens with one attached hydrogen (secondary N) is 1. The van der Waals surface area contributed by atoms with Crippen molar-refractivity contribution in [2.24, 2.45) is 0 Å². The Morgan fingerprint density at radius 3 is 2.36 bits per heavy atom. The summed E-state index contributed by atoms with van der Waals surface area (Å²) in [6, 6.07) is 18.8. The Balaban J connectivity index is 2.02. The van der Waals surface area contributed by atoms with E-state index in [1.54, 1.807) is 30.6 Å². The summed E-state index contributed by atoms with van der Waals surface area (Å²) in [7, 11) is -1.89. The number of benzene rings is 2. The SMILES string of the molecule is C[Si](C)(C)OC(c1ccccc1)c1cc(Cl)ccc1NC(=O)c1ccncc1. The summed E-state index contributed by atoms with van der Waals surface area (Å²) < 4.78 is 6.51. The first-order valence-electron chi connectivity index (χ1n) is 9.07. The predicted octanol–water partition coefficient (Wildman–Crippen LogP) is 5.93. The maximum atomic E-state index is 12.7. The maximum absolute atomic E-state index is 12.7. The van der Waals surface area contributed by atoms with Crippen molar-refractivity contribution in [3.8, 4) is 0 Å². The highest BCUT2D eigenvalue weighted by atomic mass is 35.5. The molecule has 0 aliphatic heterocycles. The van der Waals surface area contributed by atoms with Gasteiger partial charge in [0.05, 0.1) is 6.10 Å². The molecule has 0 radical (unpaired) electrons. The van der Waals surface area contributed by atoms with E-state index in [0.29, 0.717) is 16.3 Å². The molecule has 3 aromatic rings. The molecule has 0 bridgehead atoms. The second-order valence-electron chi connectivity index (χ2n) is 7.44. The smallest absolute Gasteiger partial charge is 0.255 e. The minimum Gasteiger partial charge on any atom is -0.407 e. The van der Waals surface area contributed by atoms with E-state index in [-0.39, 0.29) is 12.0 Å². The van der Waals surface area contributed by atoms with Gasteiger partial charge in [-0.25, -0.2) is 0 Å². The fourth-order valence-electron chi connectivity index (χ4n) is 2.85. The van der Waals surface area contributed by atoms with Gasteiger partial charge < -0.3 is 9.74 Å². The molecule has 2 aromatic carbocycles. The molecule has 0 fully saturated rings. The van der Waals surface area contributed by atoms with Crippen LogP contribution in [0.2, 0.25) is 24.7 Å². The van der Waals surface area contributed by atoms with Gasteiger partial charge in [0, 0.05) is 34.2 Å². The van der Waals surface area contributed by atoms with Crippen molar-refractivity contribution >= 4 is 31.5 Å². The molecule has 0 aliphatic rings. The van der Waals surface area contributed by atoms with Crippen LogP contribution in [0.1, 0.15) is 27.6 Å². The van der Waals surface area contributed by atoms with Crippen molar-refractivity contribution in [1.82, 2.24) is 4.98 Å². The van der Waals surface area contributed by atoms with E-state index in [1.165, 1.54) is 0 Å². The van der Waals surface area contributed by atoms with Crippen LogP contribution in [0.25, 0.3) is 0 Å². The summed E-state index contributed by atoms with van der Waals surface area (Å²) in [6.07, 6.45) is 2.87. The Kier molecular flexibility index (Phi) is 6.29. The summed E-state index contributed by atoms with van der Waals surface area (Å²) in [5.74, 6) is -0.203. The average molecular weight is 411 g/mol. The lowest BCUT2D eigenvalue weighted by Gasteiger charge is -2.29. The molecular weight excluding hydrogens is 388 g/mol. The summed E-state index contributed by atoms with van der Waals surface area (Å²) in [5, 5.41) is 3.59. The molecule has 1 unspecified atom stereocenters. The molecular formula is C22H23ClN2O2Si. The Labute approximate surface area is 171 Å². The zero-order valence-corrected chi connectivity index (χ0v) is 17.9. The van der Waals surface area contributed by atoms with Crippen LogP contribution in [0.5, 0.6) is 0 Å². The van der Waals surface area contributed by atoms with Crippen molar-refractivity contribution in [2.75, 3.05) is 5.32 Å². The number of hydrogen-bond acceptors (Lipinski definition) is 3. The van der Waals surface area contributed by atoms with E-state index in [0.717, 1.165) is 11.1 Å². The third kappa shape index (κ3) is 5.29. The Bertz CT molecular complexity index is 944. The highest BCUT2D eigenvalue weighted by molar-refractivity contribution is 6.69. The number of carbonyl (C=O) groups excluding carboxylic acids is 1. The lowest BCUT2D eigenvalue weighted by molar-refractivity contribution is 0.102. The number of halogens is 1. The highest BCUT2D eigenvalue weighted by Crippen LogP contribution is 2.35. The number of aromatic nitrogens is 1. The topological polar surface area (TPSA) is 51.2 Å². The largest absolute Gasteiger partial charge is 0.407 e. The van der Waals surface area contributed by atoms with Crippen molar-refractivity contribution in [1.29, 1.82) is 0 Å². The second kappa shape index (κ2) is 8.69. The molecule has 0 saturated carbocycles. The molecule has 6 heteroatoms. The lowest BCUT2D eigenvalue weighted by atomic mass is 9.99. The van der Waals surface area contributed by atoms with Crippen LogP contribution in [-0.4, -0.2) is 19.2 Å². The highest BCUT2D eigenvalue weighted by Gasteiger charge is 2.26. The first-order chi connectivity index (χ1) is 13.3. The van der Waals surface area contributed by atoms with Gasteiger partial charge in [0.25, 0.3) is 5.91 Å². The van der Waals surface area contributed by atoms with Crippen LogP contribution >= 0.6 is 11.6 Å². The standard InChI is InChI=1S/C22H23ClN2O2Si/c1-28(2,3)27-21(16-7-5-4-6-8-16)19-15-18(23)9-10-20(19)25-22(26)17-11-13-24-14-12-17/h4-15,21H,1-3H3,(H,25,26). The zero-order chi connectivity index (χ0) is 20.1. The summed E-state index contributed by atoms with van der Waals surface area (Å²) in [4.78, 5) is 16.7. The predicted molar refractivity (Wildman–Crippen MR) is 116 cm³/mol. The number of anilines is 1. The average Bonchev–Trinajstić information content (AvgIpc) is 2.68. The van der Waals surface area contributed by atoms with Crippen molar-refractivity contribution < 1.29 is 9.22 Å². The molecule has 4 nitrogen and oxygen atoms in total. The summed E-state index contributed by atoms with van der Waals surface area (Å²) in [5.41, 5.74) is 3.08. The Hall–Kier alpha value is -2.47. The number of nitrogens with zero attached hydrogens (tertiary/aromatic N) is 1. The van der Waals surface area contributed by atoms with Crippen molar-refractivity contribution in [2.45, 2.75) is 25.7 Å². The van der Waals surface area contributed by atoms with Gasteiger partial charge in [-0.2, -0.15) is 0 Å². The normalized spacial score (nSPS) is 12.4. The zero-order valence-electron chi connectivity index (χ0n) is 16.1. The first kappa shape index (κ1) is 20.3. The monoisotopic (exact) mass is 410 g/mol. The quantitative estimate of drug-likeness (QED) is 0.512. The van der Waals surface area contributed by atoms with Crippen LogP contribution in [0.3, 0.4) is 0 Å². The van der Waals surface area contributed by atoms with E-state index in [9.17, 15) is 4.79 Å². The molecule has 1 aromatic heterocycles. The van der Waals surface area contributed by atoms with Crippen LogP contribution in [-0.2, 0) is 4.43 Å². The first-order valence-corrected chi connectivity index (χ1v) is 12.9. The van der Waals surface area contributed by atoms with Crippen molar-refractivity contribution in [3.63, 3.8) is 0 Å². The molecule has 0 saturated heterocycles. The van der Waals surface area contributed by atoms with Crippen LogP contribution < -0.4 is 5.32 Å². The fourth-order valence-corrected chi connectivity index (χ4v) is 4.01. The number of hydrogen-bond donors (Lipinski definition) is 1. The van der Waals surface area contributed by atoms with E-state index in [4.69, 9.17) is 16.0 Å². The second-order valence-corrected chi connectivity index (χ2v) is 12.3. The van der Waals surface area contributed by atoms with Gasteiger partial charge in [0.15, 0.2) is 8.32 Å². The fraction of sp³-hybridized carbons (Fsp3) is 0.182. The molecule has 144 valence electrons.